The van der Waals surface area contributed by atoms with E-state index in [2.05, 4.69) is 37.2 Å². The third-order valence-corrected chi connectivity index (χ3v) is 12.5. The normalized spacial score (nSPS) is 20.2. The van der Waals surface area contributed by atoms with E-state index in [1.165, 1.54) is 4.90 Å². The number of hydrogen-bond acceptors (Lipinski definition) is 9. The van der Waals surface area contributed by atoms with Gasteiger partial charge in [-0.05, 0) is 101 Å². The van der Waals surface area contributed by atoms with E-state index in [0.29, 0.717) is 0 Å². The van der Waals surface area contributed by atoms with Gasteiger partial charge in [0.05, 0.1) is 24.2 Å². The number of nitrogens with zero attached hydrogens (tertiary/aromatic N) is 1. The lowest BCUT2D eigenvalue weighted by Gasteiger charge is -2.33. The van der Waals surface area contributed by atoms with Crippen LogP contribution in [0.15, 0.2) is 54.6 Å². The van der Waals surface area contributed by atoms with Crippen LogP contribution in [0, 0.1) is 17.3 Å². The highest BCUT2D eigenvalue weighted by Crippen LogP contribution is 2.31. The summed E-state index contributed by atoms with van der Waals surface area (Å²) in [5.41, 5.74) is 2.35. The number of ketones is 1. The zero-order valence-corrected chi connectivity index (χ0v) is 38.9. The fourth-order valence-corrected chi connectivity index (χ4v) is 8.30. The number of carbonyl (C=O) groups is 7. The highest BCUT2D eigenvalue weighted by Gasteiger charge is 2.44. The predicted octanol–water partition coefficient (Wildman–Crippen LogP) is 3.39. The van der Waals surface area contributed by atoms with Gasteiger partial charge >= 0.3 is 0 Å². The van der Waals surface area contributed by atoms with Gasteiger partial charge in [0, 0.05) is 19.4 Å². The summed E-state index contributed by atoms with van der Waals surface area (Å²) in [5, 5.41) is 20.6. The monoisotopic (exact) mass is 873 g/mol. The second-order valence-electron chi connectivity index (χ2n) is 18.8. The van der Waals surface area contributed by atoms with Gasteiger partial charge in [-0.25, -0.2) is 0 Å². The van der Waals surface area contributed by atoms with E-state index in [4.69, 9.17) is 0 Å². The third-order valence-electron chi connectivity index (χ3n) is 12.5. The number of Topliss-reactive ketones (excluding diaryl/α,β-unsaturated/α-hetero) is 1. The van der Waals surface area contributed by atoms with Crippen LogP contribution in [0.4, 0.5) is 0 Å². The molecule has 63 heavy (non-hydrogen) atoms. The smallest absolute Gasteiger partial charge is 0.246 e. The first-order valence-electron chi connectivity index (χ1n) is 22.6. The Morgan fingerprint density at radius 3 is 1.98 bits per heavy atom. The van der Waals surface area contributed by atoms with Crippen molar-refractivity contribution in [3.63, 3.8) is 0 Å². The Bertz CT molecular complexity index is 1920. The molecule has 0 saturated carbocycles. The number of likely N-dealkylation sites (N-methyl/N-ethyl adjacent to an activating group) is 2. The minimum Gasteiger partial charge on any atom is -0.348 e. The maximum Gasteiger partial charge on any atom is 0.246 e. The fourth-order valence-electron chi connectivity index (χ4n) is 8.30. The molecular formula is C48H72N8O7. The molecule has 15 heteroatoms. The van der Waals surface area contributed by atoms with Crippen molar-refractivity contribution in [2.45, 2.75) is 149 Å². The Morgan fingerprint density at radius 2 is 1.37 bits per heavy atom. The minimum atomic E-state index is -1.10. The van der Waals surface area contributed by atoms with Crippen LogP contribution >= 0.6 is 0 Å². The maximum atomic E-state index is 14.3. The molecule has 2 aliphatic rings. The Morgan fingerprint density at radius 1 is 0.746 bits per heavy atom. The first-order valence-corrected chi connectivity index (χ1v) is 22.6. The summed E-state index contributed by atoms with van der Waals surface area (Å²) in [6.07, 6.45) is 2.66. The lowest BCUT2D eigenvalue weighted by atomic mass is 9.85. The minimum absolute atomic E-state index is 0.0124. The van der Waals surface area contributed by atoms with Crippen LogP contribution in [0.3, 0.4) is 0 Å². The van der Waals surface area contributed by atoms with Crippen LogP contribution in [0.2, 0.25) is 0 Å². The zero-order chi connectivity index (χ0) is 46.6. The molecule has 0 aromatic heterocycles. The Kier molecular flexibility index (Phi) is 18.4. The summed E-state index contributed by atoms with van der Waals surface area (Å²) in [6, 6.07) is 11.8. The number of nitrogens with one attached hydrogen (secondary N) is 7. The molecule has 9 atom stereocenters. The molecule has 1 fully saturated rings. The van der Waals surface area contributed by atoms with Crippen molar-refractivity contribution in [2.75, 3.05) is 20.6 Å². The van der Waals surface area contributed by atoms with Crippen molar-refractivity contribution >= 4 is 41.2 Å². The fraction of sp³-hybridized carbons (Fsp3) is 0.604. The van der Waals surface area contributed by atoms with E-state index in [0.717, 1.165) is 36.0 Å². The molecule has 0 spiro atoms. The van der Waals surface area contributed by atoms with Crippen LogP contribution in [0.5, 0.6) is 0 Å². The Balaban J connectivity index is 1.55. The maximum absolute atomic E-state index is 14.3. The van der Waals surface area contributed by atoms with Crippen molar-refractivity contribution in [3.05, 3.63) is 71.3 Å². The van der Waals surface area contributed by atoms with Crippen LogP contribution in [0.1, 0.15) is 123 Å². The molecule has 15 nitrogen and oxygen atoms in total. The van der Waals surface area contributed by atoms with Crippen LogP contribution in [0.25, 0.3) is 0 Å². The molecular weight excluding hydrogens is 801 g/mol. The van der Waals surface area contributed by atoms with Crippen molar-refractivity contribution in [2.24, 2.45) is 17.3 Å². The van der Waals surface area contributed by atoms with Gasteiger partial charge in [-0.2, -0.15) is 0 Å². The summed E-state index contributed by atoms with van der Waals surface area (Å²) in [5.74, 6) is -3.35. The quantitative estimate of drug-likeness (QED) is 0.104. The van der Waals surface area contributed by atoms with E-state index in [9.17, 15) is 33.6 Å². The molecule has 6 amide bonds. The van der Waals surface area contributed by atoms with Crippen LogP contribution in [-0.4, -0.2) is 103 Å². The molecule has 7 N–H and O–H groups in total. The topological polar surface area (TPSA) is 207 Å². The van der Waals surface area contributed by atoms with Gasteiger partial charge in [-0.1, -0.05) is 89.2 Å². The number of amides is 6. The lowest BCUT2D eigenvalue weighted by molar-refractivity contribution is -0.142. The molecule has 1 aliphatic carbocycles. The molecule has 1 heterocycles. The summed E-state index contributed by atoms with van der Waals surface area (Å²) < 4.78 is 0. The summed E-state index contributed by atoms with van der Waals surface area (Å²) in [4.78, 5) is 98.0. The number of aryl methyl sites for hydroxylation is 1. The number of hydrogen-bond donors (Lipinski definition) is 7. The van der Waals surface area contributed by atoms with Crippen LogP contribution < -0.4 is 37.2 Å². The molecule has 1 saturated heterocycles. The van der Waals surface area contributed by atoms with Crippen molar-refractivity contribution in [3.8, 4) is 0 Å². The average molecular weight is 873 g/mol. The van der Waals surface area contributed by atoms with Gasteiger partial charge in [0.25, 0.3) is 0 Å². The number of benzene rings is 2. The summed E-state index contributed by atoms with van der Waals surface area (Å²) >= 11 is 0. The van der Waals surface area contributed by atoms with Crippen molar-refractivity contribution < 1.29 is 33.6 Å². The van der Waals surface area contributed by atoms with Gasteiger partial charge < -0.3 is 42.1 Å². The molecule has 4 rings (SSSR count). The largest absolute Gasteiger partial charge is 0.348 e. The van der Waals surface area contributed by atoms with Crippen LogP contribution in [-0.2, 0) is 40.0 Å². The Labute approximate surface area is 373 Å². The van der Waals surface area contributed by atoms with Crippen molar-refractivity contribution in [1.82, 2.24) is 42.1 Å². The number of rotatable bonds is 20. The molecule has 2 aromatic rings. The Hall–Kier alpha value is -5.15. The highest BCUT2D eigenvalue weighted by molar-refractivity contribution is 5.95. The van der Waals surface area contributed by atoms with Gasteiger partial charge in [0.1, 0.15) is 30.0 Å². The second kappa shape index (κ2) is 23.0. The third kappa shape index (κ3) is 13.9. The van der Waals surface area contributed by atoms with Gasteiger partial charge in [-0.15, -0.1) is 0 Å². The van der Waals surface area contributed by atoms with Crippen molar-refractivity contribution in [1.29, 1.82) is 0 Å². The first-order chi connectivity index (χ1) is 29.7. The molecule has 0 radical (unpaired) electrons. The molecule has 346 valence electrons. The van der Waals surface area contributed by atoms with Gasteiger partial charge in [-0.3, -0.25) is 33.6 Å². The average Bonchev–Trinajstić information content (AvgIpc) is 3.68. The zero-order valence-electron chi connectivity index (χ0n) is 38.9. The SMILES string of the molecule is CN[C@@H](C)C(=O)N[C@H](C(=O)N1C[C@@H](CC(=O)CC[C@@H](NC(=O)[C@H](NC(=O)[C@@H](C)NC)C(C)(C)C)C(=O)N[C@H]2CCCc3ccccc32)C[C@H]1C(=O)N[C@H](C)c1ccccc1)C(C)C. The molecule has 0 bridgehead atoms. The summed E-state index contributed by atoms with van der Waals surface area (Å²) in [7, 11) is 3.30. The summed E-state index contributed by atoms with van der Waals surface area (Å²) in [6.45, 7) is 14.5. The number of likely N-dealkylation sites (tertiary alicyclic amines) is 1. The van der Waals surface area contributed by atoms with E-state index in [1.54, 1.807) is 27.9 Å². The predicted molar refractivity (Wildman–Crippen MR) is 243 cm³/mol. The number of carbonyl (C=O) groups excluding carboxylic acids is 7. The van der Waals surface area contributed by atoms with Gasteiger partial charge in [0.15, 0.2) is 0 Å². The van der Waals surface area contributed by atoms with E-state index >= 15 is 0 Å². The van der Waals surface area contributed by atoms with E-state index < -0.39 is 59.4 Å². The molecule has 0 unspecified atom stereocenters. The highest BCUT2D eigenvalue weighted by atomic mass is 16.2. The van der Waals surface area contributed by atoms with E-state index in [1.807, 2.05) is 96.1 Å². The molecule has 2 aromatic carbocycles. The van der Waals surface area contributed by atoms with Gasteiger partial charge in [0.2, 0.25) is 35.4 Å². The standard InChI is InChI=1S/C48H72N8O7/c1-28(2)40(54-42(58)30(4)49-9)47(63)56-27-32(26-39(56)45(61)51-29(3)33-17-12-11-13-18-33)25-35(57)23-24-38(44(60)52-37-22-16-20-34-19-14-15-21-36(34)37)53-46(62)41(48(6,7)8)55-43(59)31(5)50-10/h11-15,17-19,21,28-32,37-41,49-50H,16,20,22-27H2,1-10H3,(H,51,61)(H,52,60)(H,53,62)(H,54,58)(H,55,59)/t29-,30+,31-,32+,37+,38-,39+,40+,41+/m1/s1. The molecule has 1 aliphatic heterocycles. The second-order valence-corrected chi connectivity index (χ2v) is 18.8. The van der Waals surface area contributed by atoms with E-state index in [-0.39, 0.29) is 79.7 Å². The number of fused-ring (bicyclic) bond motifs is 1. The lowest BCUT2D eigenvalue weighted by Crippen LogP contribution is -2.59. The first kappa shape index (κ1) is 50.5.